The molecule has 1 aromatic heterocycles. The molecule has 1 aromatic rings. The van der Waals surface area contributed by atoms with Gasteiger partial charge in [-0.2, -0.15) is 5.26 Å². The first-order valence-corrected chi connectivity index (χ1v) is 7.59. The van der Waals surface area contributed by atoms with Crippen molar-refractivity contribution in [1.82, 2.24) is 14.8 Å². The molecule has 1 unspecified atom stereocenters. The van der Waals surface area contributed by atoms with E-state index in [2.05, 4.69) is 33.8 Å². The molecule has 1 atom stereocenters. The summed E-state index contributed by atoms with van der Waals surface area (Å²) < 4.78 is 0. The smallest absolute Gasteiger partial charge is 0.0978 e. The average Bonchev–Trinajstić information content (AvgIpc) is 2.52. The van der Waals surface area contributed by atoms with Crippen molar-refractivity contribution in [1.29, 1.82) is 5.26 Å². The van der Waals surface area contributed by atoms with Crippen molar-refractivity contribution >= 4 is 0 Å². The van der Waals surface area contributed by atoms with Gasteiger partial charge in [0, 0.05) is 51.0 Å². The normalized spacial score (nSPS) is 18.6. The monoisotopic (exact) mass is 272 g/mol. The number of aromatic nitrogens is 1. The Hall–Kier alpha value is -1.44. The highest BCUT2D eigenvalue weighted by Gasteiger charge is 2.22. The summed E-state index contributed by atoms with van der Waals surface area (Å²) in [7, 11) is 0. The highest BCUT2D eigenvalue weighted by Crippen LogP contribution is 2.11. The molecule has 1 saturated heterocycles. The zero-order valence-corrected chi connectivity index (χ0v) is 12.3. The van der Waals surface area contributed by atoms with Gasteiger partial charge in [0.15, 0.2) is 0 Å². The van der Waals surface area contributed by atoms with E-state index in [9.17, 15) is 5.26 Å². The minimum Gasteiger partial charge on any atom is -0.300 e. The summed E-state index contributed by atoms with van der Waals surface area (Å²) in [5.74, 6) is 0. The van der Waals surface area contributed by atoms with Gasteiger partial charge in [-0.15, -0.1) is 0 Å². The summed E-state index contributed by atoms with van der Waals surface area (Å²) in [4.78, 5) is 9.18. The van der Waals surface area contributed by atoms with Crippen LogP contribution < -0.4 is 0 Å². The van der Waals surface area contributed by atoms with E-state index in [4.69, 9.17) is 0 Å². The van der Waals surface area contributed by atoms with E-state index in [0.29, 0.717) is 0 Å². The van der Waals surface area contributed by atoms with Crippen molar-refractivity contribution < 1.29 is 0 Å². The van der Waals surface area contributed by atoms with Crippen LogP contribution in [0.3, 0.4) is 0 Å². The first kappa shape index (κ1) is 15.0. The van der Waals surface area contributed by atoms with Crippen molar-refractivity contribution in [2.24, 2.45) is 0 Å². The molecule has 0 radical (unpaired) electrons. The Morgan fingerprint density at radius 3 is 2.70 bits per heavy atom. The summed E-state index contributed by atoms with van der Waals surface area (Å²) in [6.45, 7) is 7.37. The van der Waals surface area contributed by atoms with Gasteiger partial charge in [0.05, 0.1) is 12.1 Å². The van der Waals surface area contributed by atoms with E-state index in [-0.39, 0.29) is 6.04 Å². The van der Waals surface area contributed by atoms with Gasteiger partial charge in [-0.1, -0.05) is 19.4 Å². The SMILES string of the molecule is CCCC(C#N)N1CCN(CCc2ccccn2)CC1. The fraction of sp³-hybridized carbons (Fsp3) is 0.625. The quantitative estimate of drug-likeness (QED) is 0.793. The highest BCUT2D eigenvalue weighted by molar-refractivity contribution is 5.04. The van der Waals surface area contributed by atoms with E-state index in [0.717, 1.165) is 57.7 Å². The fourth-order valence-electron chi connectivity index (χ4n) is 2.72. The van der Waals surface area contributed by atoms with E-state index >= 15 is 0 Å². The molecule has 20 heavy (non-hydrogen) atoms. The van der Waals surface area contributed by atoms with Gasteiger partial charge in [0.25, 0.3) is 0 Å². The molecule has 0 amide bonds. The van der Waals surface area contributed by atoms with E-state index in [1.165, 1.54) is 0 Å². The number of hydrogen-bond donors (Lipinski definition) is 0. The van der Waals surface area contributed by atoms with Gasteiger partial charge in [0.1, 0.15) is 0 Å². The molecule has 108 valence electrons. The molecule has 4 nitrogen and oxygen atoms in total. The number of hydrogen-bond acceptors (Lipinski definition) is 4. The summed E-state index contributed by atoms with van der Waals surface area (Å²) in [6, 6.07) is 8.64. The van der Waals surface area contributed by atoms with Crippen molar-refractivity contribution in [2.75, 3.05) is 32.7 Å². The van der Waals surface area contributed by atoms with Crippen LogP contribution in [0.15, 0.2) is 24.4 Å². The number of pyridine rings is 1. The van der Waals surface area contributed by atoms with E-state index in [1.54, 1.807) is 0 Å². The van der Waals surface area contributed by atoms with Crippen LogP contribution in [0.5, 0.6) is 0 Å². The molecule has 2 heterocycles. The molecule has 0 bridgehead atoms. The highest BCUT2D eigenvalue weighted by atomic mass is 15.3. The van der Waals surface area contributed by atoms with Crippen LogP contribution in [0.1, 0.15) is 25.5 Å². The zero-order valence-electron chi connectivity index (χ0n) is 12.3. The number of rotatable bonds is 6. The molecule has 4 heteroatoms. The van der Waals surface area contributed by atoms with Gasteiger partial charge in [-0.05, 0) is 18.6 Å². The molecule has 2 rings (SSSR count). The Balaban J connectivity index is 1.73. The molecule has 0 spiro atoms. The summed E-state index contributed by atoms with van der Waals surface area (Å²) in [5, 5.41) is 9.21. The van der Waals surface area contributed by atoms with Crippen LogP contribution >= 0.6 is 0 Å². The Morgan fingerprint density at radius 1 is 1.30 bits per heavy atom. The minimum atomic E-state index is 0.109. The standard InChI is InChI=1S/C16H24N4/c1-2-5-16(14-17)20-12-10-19(11-13-20)9-7-15-6-3-4-8-18-15/h3-4,6,8,16H,2,5,7,9-13H2,1H3. The van der Waals surface area contributed by atoms with Crippen LogP contribution in [0, 0.1) is 11.3 Å². The molecule has 0 aromatic carbocycles. The molecule has 0 N–H and O–H groups in total. The minimum absolute atomic E-state index is 0.109. The molecule has 1 aliphatic rings. The summed E-state index contributed by atoms with van der Waals surface area (Å²) >= 11 is 0. The van der Waals surface area contributed by atoms with Crippen molar-refractivity contribution in [3.05, 3.63) is 30.1 Å². The molecule has 0 aliphatic carbocycles. The van der Waals surface area contributed by atoms with Crippen molar-refractivity contribution in [3.8, 4) is 6.07 Å². The van der Waals surface area contributed by atoms with Crippen LogP contribution in [0.2, 0.25) is 0 Å². The molecular weight excluding hydrogens is 248 g/mol. The zero-order chi connectivity index (χ0) is 14.2. The third-order valence-electron chi connectivity index (χ3n) is 3.97. The maximum atomic E-state index is 9.21. The number of nitriles is 1. The van der Waals surface area contributed by atoms with Gasteiger partial charge in [0.2, 0.25) is 0 Å². The Morgan fingerprint density at radius 2 is 2.10 bits per heavy atom. The summed E-state index contributed by atoms with van der Waals surface area (Å²) in [5.41, 5.74) is 1.16. The predicted molar refractivity (Wildman–Crippen MR) is 80.3 cm³/mol. The Labute approximate surface area is 122 Å². The van der Waals surface area contributed by atoms with E-state index < -0.39 is 0 Å². The third kappa shape index (κ3) is 4.29. The van der Waals surface area contributed by atoms with Crippen molar-refractivity contribution in [3.63, 3.8) is 0 Å². The Bertz CT molecular complexity index is 418. The lowest BCUT2D eigenvalue weighted by Gasteiger charge is -2.36. The fourth-order valence-corrected chi connectivity index (χ4v) is 2.72. The first-order chi connectivity index (χ1) is 9.83. The Kier molecular flexibility index (Phi) is 5.97. The molecule has 0 saturated carbocycles. The second kappa shape index (κ2) is 7.98. The molecule has 1 fully saturated rings. The lowest BCUT2D eigenvalue weighted by atomic mass is 10.1. The lowest BCUT2D eigenvalue weighted by molar-refractivity contribution is 0.111. The summed E-state index contributed by atoms with van der Waals surface area (Å²) in [6.07, 6.45) is 4.94. The first-order valence-electron chi connectivity index (χ1n) is 7.59. The lowest BCUT2D eigenvalue weighted by Crippen LogP contribution is -2.50. The maximum absolute atomic E-state index is 9.21. The van der Waals surface area contributed by atoms with Crippen molar-refractivity contribution in [2.45, 2.75) is 32.2 Å². The molecular formula is C16H24N4. The van der Waals surface area contributed by atoms with Gasteiger partial charge >= 0.3 is 0 Å². The second-order valence-corrected chi connectivity index (χ2v) is 5.38. The van der Waals surface area contributed by atoms with E-state index in [1.807, 2.05) is 18.3 Å². The number of piperazine rings is 1. The van der Waals surface area contributed by atoms with Crippen LogP contribution in [0.4, 0.5) is 0 Å². The predicted octanol–water partition coefficient (Wildman–Crippen LogP) is 1.93. The van der Waals surface area contributed by atoms with Gasteiger partial charge in [-0.3, -0.25) is 9.88 Å². The molecule has 1 aliphatic heterocycles. The van der Waals surface area contributed by atoms with Gasteiger partial charge < -0.3 is 4.90 Å². The average molecular weight is 272 g/mol. The van der Waals surface area contributed by atoms with Crippen LogP contribution in [-0.4, -0.2) is 53.5 Å². The van der Waals surface area contributed by atoms with Crippen LogP contribution in [0.25, 0.3) is 0 Å². The van der Waals surface area contributed by atoms with Gasteiger partial charge in [-0.25, -0.2) is 0 Å². The third-order valence-corrected chi connectivity index (χ3v) is 3.97. The second-order valence-electron chi connectivity index (χ2n) is 5.38. The largest absolute Gasteiger partial charge is 0.300 e. The topological polar surface area (TPSA) is 43.2 Å². The number of nitrogens with zero attached hydrogens (tertiary/aromatic N) is 4. The van der Waals surface area contributed by atoms with Crippen LogP contribution in [-0.2, 0) is 6.42 Å². The maximum Gasteiger partial charge on any atom is 0.0978 e.